The van der Waals surface area contributed by atoms with E-state index in [1.807, 2.05) is 0 Å². The molecule has 2 aromatic rings. The van der Waals surface area contributed by atoms with Gasteiger partial charge in [-0.25, -0.2) is 0 Å². The molecule has 0 aliphatic carbocycles. The molecular weight excluding hydrogens is 199 g/mol. The molecule has 2 rings (SSSR count). The number of rotatable bonds is 0. The third-order valence-corrected chi connectivity index (χ3v) is 1.12. The summed E-state index contributed by atoms with van der Waals surface area (Å²) in [5.41, 5.74) is -0.887. The molecule has 0 fully saturated rings. The summed E-state index contributed by atoms with van der Waals surface area (Å²) >= 11 is 0. The number of alkyl halides is 3. The van der Waals surface area contributed by atoms with Crippen LogP contribution in [0.25, 0.3) is 0 Å². The summed E-state index contributed by atoms with van der Waals surface area (Å²) in [7, 11) is 0. The van der Waals surface area contributed by atoms with Gasteiger partial charge in [0.2, 0.25) is 0 Å². The highest BCUT2D eigenvalue weighted by Gasteiger charge is 2.32. The lowest BCUT2D eigenvalue weighted by atomic mass is 10.4. The van der Waals surface area contributed by atoms with E-state index in [0.717, 1.165) is 12.3 Å². The van der Waals surface area contributed by atoms with Crippen molar-refractivity contribution in [3.05, 3.63) is 30.4 Å². The Hall–Kier alpha value is -1.86. The highest BCUT2D eigenvalue weighted by Crippen LogP contribution is 2.26. The van der Waals surface area contributed by atoms with Crippen molar-refractivity contribution in [2.24, 2.45) is 0 Å². The highest BCUT2D eigenvalue weighted by molar-refractivity contribution is 5.01. The molecule has 0 aliphatic heterocycles. The molecule has 0 saturated heterocycles. The van der Waals surface area contributed by atoms with Crippen LogP contribution in [0.2, 0.25) is 0 Å². The van der Waals surface area contributed by atoms with E-state index in [1.54, 1.807) is 12.4 Å². The van der Waals surface area contributed by atoms with Crippen LogP contribution >= 0.6 is 0 Å². The first-order chi connectivity index (χ1) is 6.61. The standard InChI is InChI=1S/C4H3F3N2.C2H3N3/c5-4(6,7)3-1-2-8-9-3;1-2-4-5-3-1/h1-2H,(H,8,9);1-2H,(H,3,4,5). The SMILES string of the molecule is FC(F)(F)c1cc[nH]n1.c1c[nH]nn1. The van der Waals surface area contributed by atoms with Gasteiger partial charge in [-0.15, -0.1) is 5.10 Å². The number of H-pyrrole nitrogens is 2. The monoisotopic (exact) mass is 205 g/mol. The molecule has 0 atom stereocenters. The summed E-state index contributed by atoms with van der Waals surface area (Å²) < 4.78 is 34.6. The predicted octanol–water partition coefficient (Wildman–Crippen LogP) is 1.23. The summed E-state index contributed by atoms with van der Waals surface area (Å²) in [5, 5.41) is 14.3. The van der Waals surface area contributed by atoms with Crippen LogP contribution in [0.1, 0.15) is 5.69 Å². The van der Waals surface area contributed by atoms with E-state index in [9.17, 15) is 13.2 Å². The van der Waals surface area contributed by atoms with E-state index < -0.39 is 11.9 Å². The van der Waals surface area contributed by atoms with Crippen LogP contribution in [-0.2, 0) is 6.18 Å². The van der Waals surface area contributed by atoms with E-state index in [2.05, 4.69) is 25.6 Å². The molecule has 0 amide bonds. The molecule has 0 aromatic carbocycles. The first-order valence-corrected chi connectivity index (χ1v) is 3.48. The number of halogens is 3. The van der Waals surface area contributed by atoms with E-state index in [0.29, 0.717) is 0 Å². The second-order valence-corrected chi connectivity index (χ2v) is 2.12. The molecule has 2 heterocycles. The Morgan fingerprint density at radius 1 is 1.14 bits per heavy atom. The maximum Gasteiger partial charge on any atom is 0.435 e. The van der Waals surface area contributed by atoms with E-state index in [4.69, 9.17) is 0 Å². The van der Waals surface area contributed by atoms with Crippen molar-refractivity contribution in [3.63, 3.8) is 0 Å². The smallest absolute Gasteiger partial charge is 0.285 e. The van der Waals surface area contributed by atoms with Gasteiger partial charge in [0.1, 0.15) is 0 Å². The van der Waals surface area contributed by atoms with Gasteiger partial charge in [0.15, 0.2) is 5.69 Å². The normalized spacial score (nSPS) is 10.5. The van der Waals surface area contributed by atoms with Crippen molar-refractivity contribution < 1.29 is 13.2 Å². The largest absolute Gasteiger partial charge is 0.435 e. The van der Waals surface area contributed by atoms with Crippen molar-refractivity contribution in [1.29, 1.82) is 0 Å². The Morgan fingerprint density at radius 2 is 1.93 bits per heavy atom. The van der Waals surface area contributed by atoms with Crippen LogP contribution in [0.3, 0.4) is 0 Å². The van der Waals surface area contributed by atoms with Gasteiger partial charge in [-0.05, 0) is 6.07 Å². The first-order valence-electron chi connectivity index (χ1n) is 3.48. The molecule has 8 heteroatoms. The third-order valence-electron chi connectivity index (χ3n) is 1.12. The summed E-state index contributed by atoms with van der Waals surface area (Å²) in [6.07, 6.45) is 0.0445. The van der Waals surface area contributed by atoms with Gasteiger partial charge < -0.3 is 0 Å². The summed E-state index contributed by atoms with van der Waals surface area (Å²) in [4.78, 5) is 0. The minimum absolute atomic E-state index is 0.875. The average Bonchev–Trinajstić information content (AvgIpc) is 2.80. The molecule has 0 spiro atoms. The molecule has 0 unspecified atom stereocenters. The second kappa shape index (κ2) is 4.40. The molecule has 76 valence electrons. The zero-order valence-electron chi connectivity index (χ0n) is 6.78. The fourth-order valence-electron chi connectivity index (χ4n) is 0.585. The van der Waals surface area contributed by atoms with Gasteiger partial charge in [-0.3, -0.25) is 10.2 Å². The Morgan fingerprint density at radius 3 is 2.14 bits per heavy atom. The number of hydrogen-bond acceptors (Lipinski definition) is 3. The number of nitrogens with one attached hydrogen (secondary N) is 2. The van der Waals surface area contributed by atoms with Gasteiger partial charge in [0, 0.05) is 12.4 Å². The number of aromatic amines is 2. The second-order valence-electron chi connectivity index (χ2n) is 2.12. The van der Waals surface area contributed by atoms with Crippen molar-refractivity contribution in [2.75, 3.05) is 0 Å². The Balaban J connectivity index is 0.000000165. The van der Waals surface area contributed by atoms with Crippen LogP contribution in [0, 0.1) is 0 Å². The van der Waals surface area contributed by atoms with Crippen molar-refractivity contribution in [1.82, 2.24) is 25.6 Å². The molecule has 2 N–H and O–H groups in total. The molecule has 0 saturated carbocycles. The molecule has 14 heavy (non-hydrogen) atoms. The lowest BCUT2D eigenvalue weighted by Gasteiger charge is -1.98. The van der Waals surface area contributed by atoms with Gasteiger partial charge in [0.05, 0.1) is 6.20 Å². The van der Waals surface area contributed by atoms with Gasteiger partial charge in [0.25, 0.3) is 0 Å². The molecule has 5 nitrogen and oxygen atoms in total. The van der Waals surface area contributed by atoms with Crippen LogP contribution in [0.5, 0.6) is 0 Å². The van der Waals surface area contributed by atoms with E-state index in [-0.39, 0.29) is 0 Å². The minimum atomic E-state index is -4.32. The predicted molar refractivity (Wildman–Crippen MR) is 40.0 cm³/mol. The minimum Gasteiger partial charge on any atom is -0.285 e. The third kappa shape index (κ3) is 3.25. The van der Waals surface area contributed by atoms with Gasteiger partial charge in [-0.1, -0.05) is 5.21 Å². The summed E-state index contributed by atoms with van der Waals surface area (Å²) in [6.45, 7) is 0. The van der Waals surface area contributed by atoms with Gasteiger partial charge >= 0.3 is 6.18 Å². The lowest BCUT2D eigenvalue weighted by molar-refractivity contribution is -0.141. The van der Waals surface area contributed by atoms with Crippen LogP contribution in [0.4, 0.5) is 13.2 Å². The molecule has 0 aliphatic rings. The fraction of sp³-hybridized carbons (Fsp3) is 0.167. The quantitative estimate of drug-likeness (QED) is 0.679. The Kier molecular flexibility index (Phi) is 3.21. The average molecular weight is 205 g/mol. The van der Waals surface area contributed by atoms with E-state index in [1.165, 1.54) is 0 Å². The summed E-state index contributed by atoms with van der Waals surface area (Å²) in [5.74, 6) is 0. The number of hydrogen-bond donors (Lipinski definition) is 2. The van der Waals surface area contributed by atoms with Crippen LogP contribution in [0.15, 0.2) is 24.7 Å². The number of aromatic nitrogens is 5. The lowest BCUT2D eigenvalue weighted by Crippen LogP contribution is -2.04. The van der Waals surface area contributed by atoms with Gasteiger partial charge in [-0.2, -0.15) is 18.3 Å². The van der Waals surface area contributed by atoms with Crippen molar-refractivity contribution in [2.45, 2.75) is 6.18 Å². The molecular formula is C6H6F3N5. The highest BCUT2D eigenvalue weighted by atomic mass is 19.4. The van der Waals surface area contributed by atoms with Crippen LogP contribution < -0.4 is 0 Å². The van der Waals surface area contributed by atoms with Crippen molar-refractivity contribution >= 4 is 0 Å². The summed E-state index contributed by atoms with van der Waals surface area (Å²) in [6, 6.07) is 0.875. The molecule has 0 radical (unpaired) electrons. The Labute approximate surface area is 76.3 Å². The van der Waals surface area contributed by atoms with E-state index >= 15 is 0 Å². The molecule has 2 aromatic heterocycles. The zero-order valence-corrected chi connectivity index (χ0v) is 6.78. The van der Waals surface area contributed by atoms with Crippen LogP contribution in [-0.4, -0.2) is 25.6 Å². The maximum atomic E-state index is 11.5. The first kappa shape index (κ1) is 10.2. The zero-order chi connectivity index (χ0) is 10.4. The fourth-order valence-corrected chi connectivity index (χ4v) is 0.585. The van der Waals surface area contributed by atoms with Crippen molar-refractivity contribution in [3.8, 4) is 0 Å². The Bertz CT molecular complexity index is 308. The maximum absolute atomic E-state index is 11.5. The molecule has 0 bridgehead atoms. The number of nitrogens with zero attached hydrogens (tertiary/aromatic N) is 3. The topological polar surface area (TPSA) is 70.2 Å².